The fourth-order valence-corrected chi connectivity index (χ4v) is 7.40. The van der Waals surface area contributed by atoms with Crippen LogP contribution in [0.4, 0.5) is 0 Å². The van der Waals surface area contributed by atoms with Gasteiger partial charge in [-0.1, -0.05) is 133 Å². The van der Waals surface area contributed by atoms with E-state index in [0.29, 0.717) is 17.5 Å². The lowest BCUT2D eigenvalue weighted by molar-refractivity contribution is 1.07. The number of hydrogen-bond acceptors (Lipinski definition) is 5. The molecule has 4 nitrogen and oxygen atoms in total. The van der Waals surface area contributed by atoms with E-state index in [1.165, 1.54) is 36.3 Å². The Morgan fingerprint density at radius 1 is 0.356 bits per heavy atom. The predicted octanol–water partition coefficient (Wildman–Crippen LogP) is 10.6. The van der Waals surface area contributed by atoms with Crippen LogP contribution in [0, 0.1) is 0 Å². The average Bonchev–Trinajstić information content (AvgIpc) is 3.51. The maximum absolute atomic E-state index is 5.27. The smallest absolute Gasteiger partial charge is 0.164 e. The van der Waals surface area contributed by atoms with Gasteiger partial charge in [0, 0.05) is 53.2 Å². The molecule has 0 atom stereocenters. The zero-order chi connectivity index (χ0) is 29.7. The summed E-state index contributed by atoms with van der Waals surface area (Å²) in [5, 5.41) is 6.13. The van der Waals surface area contributed by atoms with Gasteiger partial charge in [0.1, 0.15) is 0 Å². The van der Waals surface area contributed by atoms with Gasteiger partial charge in [0.2, 0.25) is 0 Å². The first kappa shape index (κ1) is 25.7. The van der Waals surface area contributed by atoms with Crippen LogP contribution in [0.2, 0.25) is 0 Å². The highest BCUT2D eigenvalue weighted by Crippen LogP contribution is 2.43. The van der Waals surface area contributed by atoms with Crippen molar-refractivity contribution in [2.45, 2.75) is 0 Å². The van der Waals surface area contributed by atoms with Crippen molar-refractivity contribution < 1.29 is 0 Å². The monoisotopic (exact) mass is 592 g/mol. The van der Waals surface area contributed by atoms with Crippen LogP contribution in [-0.4, -0.2) is 19.9 Å². The van der Waals surface area contributed by atoms with Crippen LogP contribution in [-0.2, 0) is 0 Å². The number of hydrogen-bond donors (Lipinski definition) is 0. The van der Waals surface area contributed by atoms with Gasteiger partial charge >= 0.3 is 0 Å². The van der Waals surface area contributed by atoms with Gasteiger partial charge in [-0.25, -0.2) is 19.9 Å². The van der Waals surface area contributed by atoms with Crippen LogP contribution >= 0.6 is 11.3 Å². The second-order valence-corrected chi connectivity index (χ2v) is 12.1. The standard InChI is InChI=1S/C40H24N4S/c1-3-11-26(12-4-1)38-42-39(27-13-5-2-6-14-27)44-40(43-38)28-21-19-25(20-22-28)36-35-31(29-15-7-9-17-33(29)41-36)23-24-32-30-16-8-10-18-34(30)45-37(32)35/h1-24H. The molecule has 3 aromatic heterocycles. The number of pyridine rings is 1. The molecule has 0 radical (unpaired) electrons. The van der Waals surface area contributed by atoms with E-state index >= 15 is 0 Å². The van der Waals surface area contributed by atoms with Gasteiger partial charge in [0.25, 0.3) is 0 Å². The Labute approximate surface area is 263 Å². The van der Waals surface area contributed by atoms with Crippen molar-refractivity contribution in [1.29, 1.82) is 0 Å². The second kappa shape index (κ2) is 10.4. The number of nitrogens with zero attached hydrogens (tertiary/aromatic N) is 4. The molecule has 9 rings (SSSR count). The van der Waals surface area contributed by atoms with Crippen molar-refractivity contribution in [3.63, 3.8) is 0 Å². The lowest BCUT2D eigenvalue weighted by Gasteiger charge is -2.12. The molecular weight excluding hydrogens is 569 g/mol. The fraction of sp³-hybridized carbons (Fsp3) is 0. The van der Waals surface area contributed by atoms with Crippen molar-refractivity contribution in [2.24, 2.45) is 0 Å². The molecule has 0 aliphatic heterocycles. The summed E-state index contributed by atoms with van der Waals surface area (Å²) in [5.41, 5.74) is 5.86. The molecule has 210 valence electrons. The van der Waals surface area contributed by atoms with Crippen LogP contribution in [0.5, 0.6) is 0 Å². The maximum Gasteiger partial charge on any atom is 0.164 e. The largest absolute Gasteiger partial charge is 0.247 e. The molecule has 0 bridgehead atoms. The van der Waals surface area contributed by atoms with E-state index in [1.807, 2.05) is 72.0 Å². The molecule has 6 aromatic carbocycles. The Balaban J connectivity index is 1.23. The summed E-state index contributed by atoms with van der Waals surface area (Å²) < 4.78 is 2.55. The van der Waals surface area contributed by atoms with Crippen molar-refractivity contribution in [1.82, 2.24) is 19.9 Å². The molecule has 45 heavy (non-hydrogen) atoms. The number of aromatic nitrogens is 4. The third kappa shape index (κ3) is 4.36. The van der Waals surface area contributed by atoms with Crippen LogP contribution in [0.1, 0.15) is 0 Å². The molecule has 0 saturated carbocycles. The Morgan fingerprint density at radius 3 is 1.53 bits per heavy atom. The topological polar surface area (TPSA) is 51.6 Å². The summed E-state index contributed by atoms with van der Waals surface area (Å²) in [5.74, 6) is 1.94. The van der Waals surface area contributed by atoms with E-state index in [0.717, 1.165) is 33.5 Å². The molecule has 9 aromatic rings. The molecule has 0 aliphatic carbocycles. The lowest BCUT2D eigenvalue weighted by Crippen LogP contribution is -2.00. The molecule has 0 spiro atoms. The molecule has 0 aliphatic rings. The minimum Gasteiger partial charge on any atom is -0.247 e. The first-order valence-electron chi connectivity index (χ1n) is 14.9. The fourth-order valence-electron chi connectivity index (χ4n) is 6.15. The third-order valence-electron chi connectivity index (χ3n) is 8.33. The second-order valence-electron chi connectivity index (χ2n) is 11.1. The Bertz CT molecular complexity index is 2460. The average molecular weight is 593 g/mol. The van der Waals surface area contributed by atoms with Gasteiger partial charge in [-0.15, -0.1) is 11.3 Å². The van der Waals surface area contributed by atoms with Crippen molar-refractivity contribution in [3.05, 3.63) is 146 Å². The Kier molecular flexibility index (Phi) is 5.96. The normalized spacial score (nSPS) is 11.6. The zero-order valence-corrected chi connectivity index (χ0v) is 24.9. The summed E-state index contributed by atoms with van der Waals surface area (Å²) >= 11 is 1.84. The van der Waals surface area contributed by atoms with Crippen LogP contribution in [0.15, 0.2) is 146 Å². The number of fused-ring (bicyclic) bond motifs is 7. The van der Waals surface area contributed by atoms with Gasteiger partial charge in [-0.3, -0.25) is 0 Å². The summed E-state index contributed by atoms with van der Waals surface area (Å²) in [4.78, 5) is 20.0. The molecule has 0 unspecified atom stereocenters. The molecule has 0 N–H and O–H groups in total. The first-order valence-corrected chi connectivity index (χ1v) is 15.7. The van der Waals surface area contributed by atoms with Crippen molar-refractivity contribution in [2.75, 3.05) is 0 Å². The summed E-state index contributed by atoms with van der Waals surface area (Å²) in [7, 11) is 0. The van der Waals surface area contributed by atoms with E-state index in [-0.39, 0.29) is 0 Å². The van der Waals surface area contributed by atoms with E-state index in [4.69, 9.17) is 19.9 Å². The van der Waals surface area contributed by atoms with Crippen LogP contribution in [0.25, 0.3) is 87.3 Å². The Hall–Kier alpha value is -5.78. The molecule has 3 heterocycles. The van der Waals surface area contributed by atoms with Crippen LogP contribution in [0.3, 0.4) is 0 Å². The number of para-hydroxylation sites is 1. The predicted molar refractivity (Wildman–Crippen MR) is 187 cm³/mol. The lowest BCUT2D eigenvalue weighted by atomic mass is 9.97. The molecule has 0 saturated heterocycles. The molecule has 0 amide bonds. The number of rotatable bonds is 4. The van der Waals surface area contributed by atoms with Crippen molar-refractivity contribution >= 4 is 53.2 Å². The van der Waals surface area contributed by atoms with Gasteiger partial charge in [-0.05, 0) is 17.5 Å². The van der Waals surface area contributed by atoms with Gasteiger partial charge < -0.3 is 0 Å². The first-order chi connectivity index (χ1) is 22.3. The molecular formula is C40H24N4S. The van der Waals surface area contributed by atoms with Crippen LogP contribution < -0.4 is 0 Å². The van der Waals surface area contributed by atoms with Gasteiger partial charge in [0.05, 0.1) is 11.2 Å². The summed E-state index contributed by atoms with van der Waals surface area (Å²) in [6, 6.07) is 50.2. The van der Waals surface area contributed by atoms with Gasteiger partial charge in [0.15, 0.2) is 17.5 Å². The van der Waals surface area contributed by atoms with E-state index in [1.54, 1.807) is 0 Å². The maximum atomic E-state index is 5.27. The minimum absolute atomic E-state index is 0.637. The number of benzene rings is 6. The quantitative estimate of drug-likeness (QED) is 0.191. The SMILES string of the molecule is c1ccc(-c2nc(-c3ccccc3)nc(-c3ccc(-c4nc5ccccc5c5ccc6c7ccccc7sc6c45)cc3)n2)cc1. The van der Waals surface area contributed by atoms with Crippen molar-refractivity contribution in [3.8, 4) is 45.4 Å². The highest BCUT2D eigenvalue weighted by molar-refractivity contribution is 7.26. The minimum atomic E-state index is 0.637. The van der Waals surface area contributed by atoms with E-state index < -0.39 is 0 Å². The molecule has 5 heteroatoms. The summed E-state index contributed by atoms with van der Waals surface area (Å²) in [6.45, 7) is 0. The number of thiophene rings is 1. The van der Waals surface area contributed by atoms with E-state index in [2.05, 4.69) is 84.9 Å². The van der Waals surface area contributed by atoms with Gasteiger partial charge in [-0.2, -0.15) is 0 Å². The molecule has 0 fully saturated rings. The Morgan fingerprint density at radius 2 is 0.867 bits per heavy atom. The highest BCUT2D eigenvalue weighted by Gasteiger charge is 2.17. The third-order valence-corrected chi connectivity index (χ3v) is 9.53. The zero-order valence-electron chi connectivity index (χ0n) is 24.1. The summed E-state index contributed by atoms with van der Waals surface area (Å²) in [6.07, 6.45) is 0. The highest BCUT2D eigenvalue weighted by atomic mass is 32.1. The van der Waals surface area contributed by atoms with E-state index in [9.17, 15) is 0 Å².